The van der Waals surface area contributed by atoms with Crippen LogP contribution < -0.4 is 20.3 Å². The number of ether oxygens (including phenoxy) is 2. The van der Waals surface area contributed by atoms with Gasteiger partial charge in [0.15, 0.2) is 5.76 Å². The van der Waals surface area contributed by atoms with Gasteiger partial charge >= 0.3 is 5.91 Å². The summed E-state index contributed by atoms with van der Waals surface area (Å²) >= 11 is 7.05. The summed E-state index contributed by atoms with van der Waals surface area (Å²) in [5, 5.41) is 1.24. The molecule has 8 nitrogen and oxygen atoms in total. The molecule has 4 rings (SSSR count). The van der Waals surface area contributed by atoms with E-state index in [1.165, 1.54) is 17.4 Å². The molecule has 0 fully saturated rings. The molecule has 2 amide bonds. The Bertz CT molecular complexity index is 1270. The molecular weight excluding hydrogens is 478 g/mol. The first-order chi connectivity index (χ1) is 16.5. The van der Waals surface area contributed by atoms with Gasteiger partial charge in [0.05, 0.1) is 5.69 Å². The van der Waals surface area contributed by atoms with Gasteiger partial charge in [0, 0.05) is 5.02 Å². The summed E-state index contributed by atoms with van der Waals surface area (Å²) in [6.45, 7) is 2.09. The predicted octanol–water partition coefficient (Wildman–Crippen LogP) is 4.93. The molecule has 2 aromatic heterocycles. The van der Waals surface area contributed by atoms with Crippen molar-refractivity contribution in [2.24, 2.45) is 0 Å². The number of aryl methyl sites for hydroxylation is 1. The zero-order valence-electron chi connectivity index (χ0n) is 18.0. The molecule has 10 heteroatoms. The van der Waals surface area contributed by atoms with E-state index >= 15 is 0 Å². The number of aromatic nitrogens is 1. The summed E-state index contributed by atoms with van der Waals surface area (Å²) in [6, 6.07) is 19.4. The molecule has 0 bridgehead atoms. The summed E-state index contributed by atoms with van der Waals surface area (Å²) < 4.78 is 16.8. The number of carbonyl (C=O) groups is 2. The molecule has 2 heterocycles. The average Bonchev–Trinajstić information content (AvgIpc) is 3.48. The van der Waals surface area contributed by atoms with E-state index in [4.69, 9.17) is 25.5 Å². The lowest BCUT2D eigenvalue weighted by molar-refractivity contribution is 0.0830. The van der Waals surface area contributed by atoms with Crippen LogP contribution in [-0.4, -0.2) is 16.8 Å². The second kappa shape index (κ2) is 10.9. The minimum atomic E-state index is -0.590. The maximum absolute atomic E-state index is 12.5. The minimum absolute atomic E-state index is 0.0463. The Morgan fingerprint density at radius 1 is 0.912 bits per heavy atom. The van der Waals surface area contributed by atoms with Gasteiger partial charge in [-0.1, -0.05) is 29.8 Å². The SMILES string of the molecule is Cc1nc(COc2ccc(Cl)cc2)sc1C(=O)NNC(=O)c1ccc(COc2ccccc2)o1. The fraction of sp³-hybridized carbons (Fsp3) is 0.125. The Kier molecular flexibility index (Phi) is 7.46. The summed E-state index contributed by atoms with van der Waals surface area (Å²) in [4.78, 5) is 29.6. The maximum atomic E-state index is 12.5. The minimum Gasteiger partial charge on any atom is -0.486 e. The van der Waals surface area contributed by atoms with Crippen LogP contribution in [0.4, 0.5) is 0 Å². The Balaban J connectivity index is 1.27. The zero-order valence-corrected chi connectivity index (χ0v) is 19.6. The van der Waals surface area contributed by atoms with Crippen molar-refractivity contribution in [3.05, 3.63) is 98.9 Å². The Labute approximate surface area is 204 Å². The molecule has 0 aliphatic rings. The predicted molar refractivity (Wildman–Crippen MR) is 127 cm³/mol. The van der Waals surface area contributed by atoms with Gasteiger partial charge in [-0.3, -0.25) is 20.4 Å². The highest BCUT2D eigenvalue weighted by Crippen LogP contribution is 2.21. The van der Waals surface area contributed by atoms with Crippen LogP contribution in [0.25, 0.3) is 0 Å². The van der Waals surface area contributed by atoms with E-state index in [9.17, 15) is 9.59 Å². The molecule has 0 unspecified atom stereocenters. The van der Waals surface area contributed by atoms with Crippen molar-refractivity contribution in [1.29, 1.82) is 0 Å². The number of nitrogens with zero attached hydrogens (tertiary/aromatic N) is 1. The quantitative estimate of drug-likeness (QED) is 0.334. The van der Waals surface area contributed by atoms with E-state index in [1.54, 1.807) is 37.3 Å². The maximum Gasteiger partial charge on any atom is 0.305 e. The average molecular weight is 498 g/mol. The molecule has 0 spiro atoms. The van der Waals surface area contributed by atoms with Gasteiger partial charge in [0.1, 0.15) is 40.4 Å². The van der Waals surface area contributed by atoms with Gasteiger partial charge < -0.3 is 13.9 Å². The number of nitrogens with one attached hydrogen (secondary N) is 2. The van der Waals surface area contributed by atoms with Crippen LogP contribution in [0.1, 0.15) is 36.7 Å². The van der Waals surface area contributed by atoms with Crippen LogP contribution in [-0.2, 0) is 13.2 Å². The molecule has 2 N–H and O–H groups in total. The number of furan rings is 1. The molecule has 2 aromatic carbocycles. The molecular formula is C24H20ClN3O5S. The van der Waals surface area contributed by atoms with Crippen molar-refractivity contribution in [1.82, 2.24) is 15.8 Å². The Hall–Kier alpha value is -3.82. The number of halogens is 1. The van der Waals surface area contributed by atoms with Gasteiger partial charge in [0.2, 0.25) is 0 Å². The Morgan fingerprint density at radius 3 is 2.35 bits per heavy atom. The van der Waals surface area contributed by atoms with Gasteiger partial charge in [-0.05, 0) is 55.5 Å². The first-order valence-corrected chi connectivity index (χ1v) is 11.4. The lowest BCUT2D eigenvalue weighted by atomic mass is 10.3. The van der Waals surface area contributed by atoms with Crippen molar-refractivity contribution < 1.29 is 23.5 Å². The van der Waals surface area contributed by atoms with Gasteiger partial charge in [-0.2, -0.15) is 0 Å². The van der Waals surface area contributed by atoms with Crippen LogP contribution in [0.3, 0.4) is 0 Å². The molecule has 0 aliphatic carbocycles. The van der Waals surface area contributed by atoms with Gasteiger partial charge in [0.25, 0.3) is 5.91 Å². The summed E-state index contributed by atoms with van der Waals surface area (Å²) in [7, 11) is 0. The van der Waals surface area contributed by atoms with E-state index < -0.39 is 11.8 Å². The summed E-state index contributed by atoms with van der Waals surface area (Å²) in [5.41, 5.74) is 5.26. The molecule has 0 aliphatic heterocycles. The van der Waals surface area contributed by atoms with Crippen molar-refractivity contribution in [3.63, 3.8) is 0 Å². The number of hydrazine groups is 1. The first kappa shape index (κ1) is 23.3. The molecule has 0 radical (unpaired) electrons. The summed E-state index contributed by atoms with van der Waals surface area (Å²) in [5.74, 6) is 0.777. The number of rotatable bonds is 8. The highest BCUT2D eigenvalue weighted by molar-refractivity contribution is 7.13. The Morgan fingerprint density at radius 2 is 1.59 bits per heavy atom. The fourth-order valence-corrected chi connectivity index (χ4v) is 3.88. The van der Waals surface area contributed by atoms with Crippen molar-refractivity contribution >= 4 is 34.8 Å². The fourth-order valence-electron chi connectivity index (χ4n) is 2.88. The highest BCUT2D eigenvalue weighted by Gasteiger charge is 2.18. The van der Waals surface area contributed by atoms with Gasteiger partial charge in [-0.15, -0.1) is 11.3 Å². The lowest BCUT2D eigenvalue weighted by Gasteiger charge is -2.05. The third kappa shape index (κ3) is 6.15. The second-order valence-electron chi connectivity index (χ2n) is 7.04. The third-order valence-corrected chi connectivity index (χ3v) is 5.90. The van der Waals surface area contributed by atoms with E-state index in [0.29, 0.717) is 37.9 Å². The van der Waals surface area contributed by atoms with Crippen molar-refractivity contribution in [2.75, 3.05) is 0 Å². The topological polar surface area (TPSA) is 103 Å². The van der Waals surface area contributed by atoms with Gasteiger partial charge in [-0.25, -0.2) is 4.98 Å². The van der Waals surface area contributed by atoms with E-state index in [0.717, 1.165) is 0 Å². The van der Waals surface area contributed by atoms with Crippen molar-refractivity contribution in [3.8, 4) is 11.5 Å². The molecule has 0 saturated carbocycles. The molecule has 0 saturated heterocycles. The zero-order chi connectivity index (χ0) is 23.9. The van der Waals surface area contributed by atoms with Crippen LogP contribution >= 0.6 is 22.9 Å². The second-order valence-corrected chi connectivity index (χ2v) is 8.56. The normalized spacial score (nSPS) is 10.5. The van der Waals surface area contributed by atoms with E-state index in [1.807, 2.05) is 30.3 Å². The van der Waals surface area contributed by atoms with Crippen LogP contribution in [0, 0.1) is 6.92 Å². The standard InChI is InChI=1S/C24H20ClN3O5S/c1-15-22(34-21(26-15)14-32-18-9-7-16(25)8-10-18)24(30)28-27-23(29)20-12-11-19(33-20)13-31-17-5-3-2-4-6-17/h2-12H,13-14H2,1H3,(H,27,29)(H,28,30). The molecule has 174 valence electrons. The monoisotopic (exact) mass is 497 g/mol. The third-order valence-electron chi connectivity index (χ3n) is 4.52. The van der Waals surface area contributed by atoms with Crippen LogP contribution in [0.5, 0.6) is 11.5 Å². The number of para-hydroxylation sites is 1. The number of amides is 2. The number of hydrogen-bond acceptors (Lipinski definition) is 7. The number of benzene rings is 2. The first-order valence-electron chi connectivity index (χ1n) is 10.2. The number of hydrogen-bond donors (Lipinski definition) is 2. The highest BCUT2D eigenvalue weighted by atomic mass is 35.5. The lowest BCUT2D eigenvalue weighted by Crippen LogP contribution is -2.41. The number of carbonyl (C=O) groups excluding carboxylic acids is 2. The molecule has 0 atom stereocenters. The van der Waals surface area contributed by atoms with Crippen molar-refractivity contribution in [2.45, 2.75) is 20.1 Å². The smallest absolute Gasteiger partial charge is 0.305 e. The van der Waals surface area contributed by atoms with Crippen LogP contribution in [0.2, 0.25) is 5.02 Å². The largest absolute Gasteiger partial charge is 0.486 e. The number of thiazole rings is 1. The van der Waals surface area contributed by atoms with E-state index in [2.05, 4.69) is 15.8 Å². The molecule has 34 heavy (non-hydrogen) atoms. The van der Waals surface area contributed by atoms with E-state index in [-0.39, 0.29) is 19.0 Å². The molecule has 4 aromatic rings. The summed E-state index contributed by atoms with van der Waals surface area (Å²) in [6.07, 6.45) is 0. The van der Waals surface area contributed by atoms with Crippen LogP contribution in [0.15, 0.2) is 71.1 Å².